The second-order valence-electron chi connectivity index (χ2n) is 6.31. The van der Waals surface area contributed by atoms with Gasteiger partial charge in [0.25, 0.3) is 0 Å². The summed E-state index contributed by atoms with van der Waals surface area (Å²) >= 11 is 0. The van der Waals surface area contributed by atoms with E-state index in [-0.39, 0.29) is 24.7 Å². The molecular formula is C18H20N4O2. The van der Waals surface area contributed by atoms with Gasteiger partial charge in [0.15, 0.2) is 0 Å². The normalized spacial score (nSPS) is 24.2. The predicted octanol–water partition coefficient (Wildman–Crippen LogP) is 1.09. The molecule has 0 bridgehead atoms. The summed E-state index contributed by atoms with van der Waals surface area (Å²) in [6.07, 6.45) is 5.51. The van der Waals surface area contributed by atoms with E-state index in [0.717, 1.165) is 25.3 Å². The van der Waals surface area contributed by atoms with E-state index in [4.69, 9.17) is 4.74 Å². The zero-order chi connectivity index (χ0) is 16.4. The Hall–Kier alpha value is -2.31. The van der Waals surface area contributed by atoms with Crippen LogP contribution >= 0.6 is 0 Å². The van der Waals surface area contributed by atoms with Crippen molar-refractivity contribution in [2.75, 3.05) is 19.7 Å². The number of amides is 1. The van der Waals surface area contributed by atoms with Crippen LogP contribution in [0.2, 0.25) is 0 Å². The van der Waals surface area contributed by atoms with E-state index in [0.29, 0.717) is 6.54 Å². The van der Waals surface area contributed by atoms with Crippen LogP contribution in [0, 0.1) is 0 Å². The molecule has 4 heterocycles. The van der Waals surface area contributed by atoms with Gasteiger partial charge in [0.1, 0.15) is 6.61 Å². The molecule has 2 aliphatic heterocycles. The number of carbonyl (C=O) groups is 1. The lowest BCUT2D eigenvalue weighted by Crippen LogP contribution is -2.53. The maximum Gasteiger partial charge on any atom is 0.249 e. The van der Waals surface area contributed by atoms with E-state index >= 15 is 0 Å². The van der Waals surface area contributed by atoms with Gasteiger partial charge < -0.3 is 9.64 Å². The minimum absolute atomic E-state index is 0.0464. The highest BCUT2D eigenvalue weighted by atomic mass is 16.5. The molecule has 1 amide bonds. The standard InChI is InChI=1S/C18H20N4O2/c23-18-13-24-17-12-21(9-14-4-3-6-19-8-14)11-16(17)22(18)10-15-5-1-2-7-20-15/h1-8,16-17H,9-13H2/t16-,17+/m1/s1. The van der Waals surface area contributed by atoms with Crippen LogP contribution in [0.25, 0.3) is 0 Å². The lowest BCUT2D eigenvalue weighted by atomic mass is 10.1. The molecule has 2 aromatic rings. The number of pyridine rings is 2. The number of likely N-dealkylation sites (tertiary alicyclic amines) is 1. The van der Waals surface area contributed by atoms with Crippen molar-refractivity contribution in [2.24, 2.45) is 0 Å². The fourth-order valence-electron chi connectivity index (χ4n) is 3.49. The Morgan fingerprint density at radius 3 is 2.88 bits per heavy atom. The van der Waals surface area contributed by atoms with E-state index in [1.165, 1.54) is 5.56 Å². The van der Waals surface area contributed by atoms with Crippen molar-refractivity contribution in [3.05, 3.63) is 60.2 Å². The fraction of sp³-hybridized carbons (Fsp3) is 0.389. The van der Waals surface area contributed by atoms with Crippen LogP contribution < -0.4 is 0 Å². The lowest BCUT2D eigenvalue weighted by molar-refractivity contribution is -0.154. The van der Waals surface area contributed by atoms with Gasteiger partial charge in [0.05, 0.1) is 24.4 Å². The number of carbonyl (C=O) groups excluding carboxylic acids is 1. The predicted molar refractivity (Wildman–Crippen MR) is 87.8 cm³/mol. The SMILES string of the molecule is O=C1CO[C@H]2CN(Cc3cccnc3)C[C@H]2N1Cc1ccccn1. The first kappa shape index (κ1) is 15.2. The van der Waals surface area contributed by atoms with Crippen molar-refractivity contribution in [1.82, 2.24) is 19.8 Å². The van der Waals surface area contributed by atoms with Gasteiger partial charge in [0, 0.05) is 38.2 Å². The molecule has 0 spiro atoms. The molecule has 0 N–H and O–H groups in total. The second-order valence-corrected chi connectivity index (χ2v) is 6.31. The zero-order valence-corrected chi connectivity index (χ0v) is 13.4. The lowest BCUT2D eigenvalue weighted by Gasteiger charge is -2.36. The van der Waals surface area contributed by atoms with Crippen LogP contribution in [-0.2, 0) is 22.6 Å². The van der Waals surface area contributed by atoms with Gasteiger partial charge in [-0.3, -0.25) is 19.7 Å². The van der Waals surface area contributed by atoms with Crippen LogP contribution in [0.5, 0.6) is 0 Å². The van der Waals surface area contributed by atoms with Gasteiger partial charge in [-0.15, -0.1) is 0 Å². The quantitative estimate of drug-likeness (QED) is 0.842. The maximum absolute atomic E-state index is 12.4. The number of hydrogen-bond donors (Lipinski definition) is 0. The molecule has 24 heavy (non-hydrogen) atoms. The van der Waals surface area contributed by atoms with Crippen molar-refractivity contribution < 1.29 is 9.53 Å². The number of morpholine rings is 1. The average molecular weight is 324 g/mol. The molecule has 0 saturated carbocycles. The maximum atomic E-state index is 12.4. The number of fused-ring (bicyclic) bond motifs is 1. The van der Waals surface area contributed by atoms with Crippen molar-refractivity contribution >= 4 is 5.91 Å². The number of rotatable bonds is 4. The van der Waals surface area contributed by atoms with Crippen molar-refractivity contribution in [2.45, 2.75) is 25.2 Å². The molecule has 2 aromatic heterocycles. The minimum Gasteiger partial charge on any atom is -0.365 e. The van der Waals surface area contributed by atoms with Gasteiger partial charge in [-0.1, -0.05) is 12.1 Å². The van der Waals surface area contributed by atoms with Crippen LogP contribution in [-0.4, -0.2) is 57.5 Å². The molecule has 0 aromatic carbocycles. The highest BCUT2D eigenvalue weighted by Crippen LogP contribution is 2.26. The second kappa shape index (κ2) is 6.67. The molecule has 0 radical (unpaired) electrons. The Labute approximate surface area is 141 Å². The monoisotopic (exact) mass is 324 g/mol. The highest BCUT2D eigenvalue weighted by molar-refractivity contribution is 5.78. The Kier molecular flexibility index (Phi) is 4.23. The zero-order valence-electron chi connectivity index (χ0n) is 13.4. The van der Waals surface area contributed by atoms with E-state index in [2.05, 4.69) is 20.9 Å². The van der Waals surface area contributed by atoms with Crippen molar-refractivity contribution in [3.63, 3.8) is 0 Å². The summed E-state index contributed by atoms with van der Waals surface area (Å²) in [6, 6.07) is 9.91. The molecular weight excluding hydrogens is 304 g/mol. The minimum atomic E-state index is 0.0464. The molecule has 0 unspecified atom stereocenters. The van der Waals surface area contributed by atoms with Gasteiger partial charge in [0.2, 0.25) is 5.91 Å². The van der Waals surface area contributed by atoms with Gasteiger partial charge >= 0.3 is 0 Å². The highest BCUT2D eigenvalue weighted by Gasteiger charge is 2.43. The summed E-state index contributed by atoms with van der Waals surface area (Å²) < 4.78 is 5.78. The molecule has 0 aliphatic carbocycles. The third-order valence-corrected chi connectivity index (χ3v) is 4.64. The van der Waals surface area contributed by atoms with Crippen LogP contribution in [0.15, 0.2) is 48.9 Å². The Balaban J connectivity index is 1.47. The third-order valence-electron chi connectivity index (χ3n) is 4.64. The number of hydrogen-bond acceptors (Lipinski definition) is 5. The summed E-state index contributed by atoms with van der Waals surface area (Å²) in [4.78, 5) is 25.1. The summed E-state index contributed by atoms with van der Waals surface area (Å²) in [7, 11) is 0. The Bertz CT molecular complexity index is 695. The number of aromatic nitrogens is 2. The van der Waals surface area contributed by atoms with Crippen molar-refractivity contribution in [1.29, 1.82) is 0 Å². The van der Waals surface area contributed by atoms with E-state index in [1.54, 1.807) is 12.4 Å². The molecule has 2 fully saturated rings. The van der Waals surface area contributed by atoms with E-state index in [9.17, 15) is 4.79 Å². The largest absolute Gasteiger partial charge is 0.365 e. The first-order valence-electron chi connectivity index (χ1n) is 8.22. The van der Waals surface area contributed by atoms with Gasteiger partial charge in [-0.2, -0.15) is 0 Å². The Morgan fingerprint density at radius 2 is 2.08 bits per heavy atom. The summed E-state index contributed by atoms with van der Waals surface area (Å²) in [5.74, 6) is 0.0464. The first-order chi connectivity index (χ1) is 11.8. The van der Waals surface area contributed by atoms with E-state index in [1.807, 2.05) is 35.4 Å². The van der Waals surface area contributed by atoms with Crippen LogP contribution in [0.1, 0.15) is 11.3 Å². The summed E-state index contributed by atoms with van der Waals surface area (Å²) in [5, 5.41) is 0. The van der Waals surface area contributed by atoms with Crippen molar-refractivity contribution in [3.8, 4) is 0 Å². The molecule has 6 nitrogen and oxygen atoms in total. The van der Waals surface area contributed by atoms with Crippen LogP contribution in [0.3, 0.4) is 0 Å². The fourth-order valence-corrected chi connectivity index (χ4v) is 3.49. The third kappa shape index (κ3) is 3.16. The molecule has 2 saturated heterocycles. The molecule has 6 heteroatoms. The molecule has 124 valence electrons. The number of ether oxygens (including phenoxy) is 1. The summed E-state index contributed by atoms with van der Waals surface area (Å²) in [5.41, 5.74) is 2.09. The molecule has 2 aliphatic rings. The van der Waals surface area contributed by atoms with Gasteiger partial charge in [-0.05, 0) is 23.8 Å². The smallest absolute Gasteiger partial charge is 0.249 e. The Morgan fingerprint density at radius 1 is 1.12 bits per heavy atom. The van der Waals surface area contributed by atoms with E-state index < -0.39 is 0 Å². The first-order valence-corrected chi connectivity index (χ1v) is 8.22. The summed E-state index contributed by atoms with van der Waals surface area (Å²) in [6.45, 7) is 3.19. The molecule has 4 rings (SSSR count). The van der Waals surface area contributed by atoms with Crippen LogP contribution in [0.4, 0.5) is 0 Å². The van der Waals surface area contributed by atoms with Gasteiger partial charge in [-0.25, -0.2) is 0 Å². The molecule has 2 atom stereocenters. The average Bonchev–Trinajstić information content (AvgIpc) is 3.02. The topological polar surface area (TPSA) is 58.6 Å². The number of nitrogens with zero attached hydrogens (tertiary/aromatic N) is 4.